The maximum Gasteiger partial charge on any atom is 0.295 e. The summed E-state index contributed by atoms with van der Waals surface area (Å²) in [5, 5.41) is 11.1. The summed E-state index contributed by atoms with van der Waals surface area (Å²) in [7, 11) is 1.56. The van der Waals surface area contributed by atoms with Gasteiger partial charge in [-0.15, -0.1) is 0 Å². The monoisotopic (exact) mass is 500 g/mol. The van der Waals surface area contributed by atoms with Crippen LogP contribution in [0.4, 0.5) is 0 Å². The van der Waals surface area contributed by atoms with Crippen LogP contribution in [-0.2, 0) is 14.3 Å². The lowest BCUT2D eigenvalue weighted by atomic mass is 9.95. The summed E-state index contributed by atoms with van der Waals surface area (Å²) >= 11 is 3.43. The third kappa shape index (κ3) is 4.57. The molecule has 1 amide bonds. The van der Waals surface area contributed by atoms with Crippen molar-refractivity contribution in [2.24, 2.45) is 0 Å². The second-order valence-electron chi connectivity index (χ2n) is 7.73. The Kier molecular flexibility index (Phi) is 6.93. The van der Waals surface area contributed by atoms with E-state index in [2.05, 4.69) is 20.8 Å². The van der Waals surface area contributed by atoms with E-state index in [1.54, 1.807) is 36.3 Å². The Bertz CT molecular complexity index is 1010. The smallest absolute Gasteiger partial charge is 0.295 e. The highest BCUT2D eigenvalue weighted by Crippen LogP contribution is 2.39. The molecule has 2 aromatic rings. The van der Waals surface area contributed by atoms with E-state index in [9.17, 15) is 14.7 Å². The van der Waals surface area contributed by atoms with E-state index in [-0.39, 0.29) is 11.3 Å². The Morgan fingerprint density at radius 2 is 1.72 bits per heavy atom. The molecule has 2 aliphatic heterocycles. The fourth-order valence-electron chi connectivity index (χ4n) is 4.08. The Morgan fingerprint density at radius 1 is 1.06 bits per heavy atom. The summed E-state index contributed by atoms with van der Waals surface area (Å²) < 4.78 is 11.5. The fraction of sp³-hybridized carbons (Fsp3) is 0.333. The molecule has 2 heterocycles. The zero-order valence-corrected chi connectivity index (χ0v) is 19.4. The normalized spacial score (nSPS) is 21.2. The van der Waals surface area contributed by atoms with E-state index in [1.165, 1.54) is 0 Å². The van der Waals surface area contributed by atoms with Gasteiger partial charge in [0.05, 0.1) is 31.9 Å². The second-order valence-corrected chi connectivity index (χ2v) is 8.64. The molecule has 0 unspecified atom stereocenters. The molecule has 2 aromatic carbocycles. The lowest BCUT2D eigenvalue weighted by molar-refractivity contribution is -0.140. The molecule has 0 aromatic heterocycles. The van der Waals surface area contributed by atoms with Crippen LogP contribution < -0.4 is 4.74 Å². The number of Topliss-reactive ketones (excluding diaryl/α,β-unsaturated/α-hetero) is 1. The van der Waals surface area contributed by atoms with Gasteiger partial charge in [0.25, 0.3) is 11.7 Å². The first kappa shape index (κ1) is 22.5. The second kappa shape index (κ2) is 9.85. The molecular weight excluding hydrogens is 476 g/mol. The third-order valence-electron chi connectivity index (χ3n) is 5.85. The summed E-state index contributed by atoms with van der Waals surface area (Å²) in [4.78, 5) is 29.9. The number of hydrogen-bond acceptors (Lipinski definition) is 6. The Labute approximate surface area is 195 Å². The van der Waals surface area contributed by atoms with Crippen LogP contribution in [-0.4, -0.2) is 73.1 Å². The first-order chi connectivity index (χ1) is 15.5. The number of morpholine rings is 1. The number of benzene rings is 2. The molecule has 2 saturated heterocycles. The van der Waals surface area contributed by atoms with Crippen LogP contribution in [0.1, 0.15) is 17.2 Å². The summed E-state index contributed by atoms with van der Waals surface area (Å²) in [6, 6.07) is 13.6. The van der Waals surface area contributed by atoms with Gasteiger partial charge in [0.1, 0.15) is 11.5 Å². The molecule has 32 heavy (non-hydrogen) atoms. The van der Waals surface area contributed by atoms with Gasteiger partial charge in [-0.2, -0.15) is 0 Å². The molecule has 168 valence electrons. The van der Waals surface area contributed by atoms with Crippen molar-refractivity contribution in [1.82, 2.24) is 9.80 Å². The number of amides is 1. The van der Waals surface area contributed by atoms with Gasteiger partial charge in [0, 0.05) is 36.2 Å². The van der Waals surface area contributed by atoms with Crippen LogP contribution in [0.2, 0.25) is 0 Å². The predicted octanol–water partition coefficient (Wildman–Crippen LogP) is 3.21. The van der Waals surface area contributed by atoms with Crippen molar-refractivity contribution in [1.29, 1.82) is 0 Å². The van der Waals surface area contributed by atoms with Crippen LogP contribution >= 0.6 is 15.9 Å². The summed E-state index contributed by atoms with van der Waals surface area (Å²) in [5.41, 5.74) is 1.33. The zero-order valence-electron chi connectivity index (χ0n) is 17.8. The predicted molar refractivity (Wildman–Crippen MR) is 123 cm³/mol. The van der Waals surface area contributed by atoms with Gasteiger partial charge in [-0.3, -0.25) is 14.5 Å². The first-order valence-corrected chi connectivity index (χ1v) is 11.3. The number of aliphatic hydroxyl groups excluding tert-OH is 1. The van der Waals surface area contributed by atoms with Crippen LogP contribution in [0, 0.1) is 0 Å². The van der Waals surface area contributed by atoms with Crippen LogP contribution in [0.25, 0.3) is 5.76 Å². The van der Waals surface area contributed by atoms with Crippen molar-refractivity contribution in [2.45, 2.75) is 6.04 Å². The van der Waals surface area contributed by atoms with Crippen LogP contribution in [0.5, 0.6) is 5.75 Å². The largest absolute Gasteiger partial charge is 0.507 e. The maximum atomic E-state index is 13.1. The maximum absolute atomic E-state index is 13.1. The van der Waals surface area contributed by atoms with Crippen molar-refractivity contribution >= 4 is 33.4 Å². The van der Waals surface area contributed by atoms with E-state index >= 15 is 0 Å². The van der Waals surface area contributed by atoms with Crippen molar-refractivity contribution in [3.05, 3.63) is 69.7 Å². The summed E-state index contributed by atoms with van der Waals surface area (Å²) in [5.74, 6) is -0.820. The average Bonchev–Trinajstić information content (AvgIpc) is 3.08. The number of carbonyl (C=O) groups excluding carboxylic acids is 2. The van der Waals surface area contributed by atoms with Gasteiger partial charge in [-0.25, -0.2) is 0 Å². The minimum atomic E-state index is -0.673. The number of halogens is 1. The number of carbonyl (C=O) groups is 2. The van der Waals surface area contributed by atoms with Gasteiger partial charge in [0.15, 0.2) is 0 Å². The minimum Gasteiger partial charge on any atom is -0.507 e. The minimum absolute atomic E-state index is 0.101. The number of nitrogens with zero attached hydrogens (tertiary/aromatic N) is 2. The van der Waals surface area contributed by atoms with Gasteiger partial charge >= 0.3 is 0 Å². The number of ether oxygens (including phenoxy) is 2. The standard InChI is InChI=1S/C24H25BrN2O5/c1-31-19-8-4-17(5-9-19)22(28)20-21(16-2-6-18(25)7-3-16)27(24(30)23(20)29)11-10-26-12-14-32-15-13-26/h2-9,21,28H,10-15H2,1H3/t21-/m1/s1. The molecule has 1 atom stereocenters. The van der Waals surface area contributed by atoms with Crippen LogP contribution in [0.15, 0.2) is 58.6 Å². The highest BCUT2D eigenvalue weighted by atomic mass is 79.9. The van der Waals surface area contributed by atoms with Crippen molar-refractivity contribution < 1.29 is 24.2 Å². The third-order valence-corrected chi connectivity index (χ3v) is 6.38. The lowest BCUT2D eigenvalue weighted by Crippen LogP contribution is -2.42. The van der Waals surface area contributed by atoms with Crippen molar-refractivity contribution in [3.63, 3.8) is 0 Å². The van der Waals surface area contributed by atoms with Crippen molar-refractivity contribution in [2.75, 3.05) is 46.5 Å². The lowest BCUT2D eigenvalue weighted by Gasteiger charge is -2.31. The van der Waals surface area contributed by atoms with E-state index in [4.69, 9.17) is 9.47 Å². The number of likely N-dealkylation sites (tertiary alicyclic amines) is 1. The van der Waals surface area contributed by atoms with Crippen molar-refractivity contribution in [3.8, 4) is 5.75 Å². The molecule has 0 aliphatic carbocycles. The van der Waals surface area contributed by atoms with Gasteiger partial charge < -0.3 is 19.5 Å². The Hall–Kier alpha value is -2.68. The highest BCUT2D eigenvalue weighted by molar-refractivity contribution is 9.10. The molecule has 1 N–H and O–H groups in total. The quantitative estimate of drug-likeness (QED) is 0.372. The number of aliphatic hydroxyl groups is 1. The van der Waals surface area contributed by atoms with Crippen LogP contribution in [0.3, 0.4) is 0 Å². The molecule has 2 aliphatic rings. The zero-order chi connectivity index (χ0) is 22.7. The Balaban J connectivity index is 1.71. The van der Waals surface area contributed by atoms with E-state index in [0.29, 0.717) is 37.6 Å². The molecule has 8 heteroatoms. The topological polar surface area (TPSA) is 79.3 Å². The fourth-order valence-corrected chi connectivity index (χ4v) is 4.34. The SMILES string of the molecule is COc1ccc(C(O)=C2C(=O)C(=O)N(CCN3CCOCC3)[C@@H]2c2ccc(Br)cc2)cc1. The van der Waals surface area contributed by atoms with Gasteiger partial charge in [0.2, 0.25) is 0 Å². The van der Waals surface area contributed by atoms with E-state index < -0.39 is 17.7 Å². The Morgan fingerprint density at radius 3 is 2.34 bits per heavy atom. The van der Waals surface area contributed by atoms with E-state index in [0.717, 1.165) is 23.1 Å². The molecule has 4 rings (SSSR count). The molecular formula is C24H25BrN2O5. The molecule has 0 radical (unpaired) electrons. The molecule has 2 fully saturated rings. The number of rotatable bonds is 6. The number of hydrogen-bond donors (Lipinski definition) is 1. The molecule has 0 bridgehead atoms. The molecule has 7 nitrogen and oxygen atoms in total. The van der Waals surface area contributed by atoms with Gasteiger partial charge in [-0.05, 0) is 42.0 Å². The summed E-state index contributed by atoms with van der Waals surface area (Å²) in [6.45, 7) is 3.91. The summed E-state index contributed by atoms with van der Waals surface area (Å²) in [6.07, 6.45) is 0. The average molecular weight is 501 g/mol. The molecule has 0 spiro atoms. The molecule has 0 saturated carbocycles. The van der Waals surface area contributed by atoms with E-state index in [1.807, 2.05) is 24.3 Å². The first-order valence-electron chi connectivity index (χ1n) is 10.5. The number of ketones is 1. The highest BCUT2D eigenvalue weighted by Gasteiger charge is 2.46. The van der Waals surface area contributed by atoms with Gasteiger partial charge in [-0.1, -0.05) is 28.1 Å². The number of methoxy groups -OCH3 is 1.